The summed E-state index contributed by atoms with van der Waals surface area (Å²) >= 11 is 0. The maximum absolute atomic E-state index is 12.1. The van der Waals surface area contributed by atoms with Crippen LogP contribution in [0.3, 0.4) is 0 Å². The number of carbonyl (C=O) groups is 2. The molecule has 0 aliphatic rings. The molecule has 7 heteroatoms. The van der Waals surface area contributed by atoms with E-state index in [2.05, 4.69) is 16.0 Å². The molecule has 0 aliphatic heterocycles. The average Bonchev–Trinajstić information content (AvgIpc) is 2.83. The van der Waals surface area contributed by atoms with E-state index in [1.807, 2.05) is 46.0 Å². The third-order valence-corrected chi connectivity index (χ3v) is 3.89. The highest BCUT2D eigenvalue weighted by atomic mass is 16.2. The molecular weight excluding hydrogens is 318 g/mol. The molecule has 0 spiro atoms. The second kappa shape index (κ2) is 7.65. The second-order valence-electron chi connectivity index (χ2n) is 5.93. The summed E-state index contributed by atoms with van der Waals surface area (Å²) in [6.45, 7) is 3.81. The van der Waals surface area contributed by atoms with Gasteiger partial charge >= 0.3 is 0 Å². The number of anilines is 1. The Bertz CT molecular complexity index is 821. The van der Waals surface area contributed by atoms with Crippen molar-refractivity contribution in [1.29, 1.82) is 0 Å². The van der Waals surface area contributed by atoms with Crippen molar-refractivity contribution in [2.45, 2.75) is 13.8 Å². The van der Waals surface area contributed by atoms with Gasteiger partial charge in [-0.15, -0.1) is 0 Å². The fourth-order valence-electron chi connectivity index (χ4n) is 2.35. The third kappa shape index (κ3) is 4.47. The number of nitrogens with zero attached hydrogens (tertiary/aromatic N) is 3. The molecule has 25 heavy (non-hydrogen) atoms. The Hall–Kier alpha value is -3.09. The van der Waals surface area contributed by atoms with Crippen molar-refractivity contribution in [3.05, 3.63) is 52.9 Å². The minimum absolute atomic E-state index is 0.376. The predicted molar refractivity (Wildman–Crippen MR) is 98.1 cm³/mol. The number of rotatable bonds is 4. The van der Waals surface area contributed by atoms with Crippen LogP contribution in [-0.2, 0) is 11.8 Å². The molecule has 0 aliphatic carbocycles. The Morgan fingerprint density at radius 2 is 1.92 bits per heavy atom. The average molecular weight is 341 g/mol. The lowest BCUT2D eigenvalue weighted by Crippen LogP contribution is -2.40. The summed E-state index contributed by atoms with van der Waals surface area (Å²) in [5.41, 5.74) is 8.85. The molecule has 2 amide bonds. The predicted octanol–water partition coefficient (Wildman–Crippen LogP) is 1.58. The van der Waals surface area contributed by atoms with E-state index in [0.29, 0.717) is 5.56 Å². The number of hydrogen-bond donors (Lipinski definition) is 2. The van der Waals surface area contributed by atoms with E-state index < -0.39 is 5.91 Å². The van der Waals surface area contributed by atoms with Gasteiger partial charge in [0.2, 0.25) is 0 Å². The Balaban J connectivity index is 1.96. The van der Waals surface area contributed by atoms with Gasteiger partial charge in [0.05, 0.1) is 5.69 Å². The van der Waals surface area contributed by atoms with E-state index in [9.17, 15) is 9.59 Å². The molecule has 0 atom stereocenters. The first-order valence-electron chi connectivity index (χ1n) is 7.85. The van der Waals surface area contributed by atoms with Crippen molar-refractivity contribution in [2.24, 2.45) is 7.05 Å². The molecule has 0 unspecified atom stereocenters. The molecule has 2 N–H and O–H groups in total. The van der Waals surface area contributed by atoms with Crippen LogP contribution in [0.4, 0.5) is 5.69 Å². The van der Waals surface area contributed by atoms with Crippen LogP contribution in [0.2, 0.25) is 0 Å². The van der Waals surface area contributed by atoms with Gasteiger partial charge in [-0.2, -0.15) is 5.10 Å². The van der Waals surface area contributed by atoms with Gasteiger partial charge in [0.25, 0.3) is 11.8 Å². The van der Waals surface area contributed by atoms with E-state index in [0.717, 1.165) is 22.6 Å². The first-order valence-corrected chi connectivity index (χ1v) is 7.85. The Morgan fingerprint density at radius 3 is 2.52 bits per heavy atom. The summed E-state index contributed by atoms with van der Waals surface area (Å²) in [7, 11) is 5.64. The van der Waals surface area contributed by atoms with Gasteiger partial charge in [-0.1, -0.05) is 6.07 Å². The number of benzene rings is 1. The van der Waals surface area contributed by atoms with Crippen molar-refractivity contribution in [2.75, 3.05) is 19.0 Å². The van der Waals surface area contributed by atoms with Crippen LogP contribution >= 0.6 is 0 Å². The van der Waals surface area contributed by atoms with Crippen LogP contribution in [0.15, 0.2) is 30.3 Å². The Kier molecular flexibility index (Phi) is 5.59. The molecule has 0 radical (unpaired) electrons. The fourth-order valence-corrected chi connectivity index (χ4v) is 2.35. The quantitative estimate of drug-likeness (QED) is 0.654. The van der Waals surface area contributed by atoms with Gasteiger partial charge in [-0.25, -0.2) is 0 Å². The smallest absolute Gasteiger partial charge is 0.269 e. The highest BCUT2D eigenvalue weighted by Gasteiger charge is 2.09. The molecule has 7 nitrogen and oxygen atoms in total. The molecule has 1 aromatic carbocycles. The molecule has 0 fully saturated rings. The molecule has 2 rings (SSSR count). The zero-order valence-electron chi connectivity index (χ0n) is 15.1. The summed E-state index contributed by atoms with van der Waals surface area (Å²) in [4.78, 5) is 25.9. The molecule has 1 heterocycles. The number of hydrazine groups is 1. The maximum Gasteiger partial charge on any atom is 0.269 e. The number of aromatic nitrogens is 2. The van der Waals surface area contributed by atoms with E-state index in [1.54, 1.807) is 29.0 Å². The van der Waals surface area contributed by atoms with Crippen LogP contribution in [0.25, 0.3) is 6.08 Å². The number of amides is 2. The second-order valence-corrected chi connectivity index (χ2v) is 5.93. The summed E-state index contributed by atoms with van der Waals surface area (Å²) in [5.74, 6) is -0.793. The Morgan fingerprint density at radius 1 is 1.20 bits per heavy atom. The largest absolute Gasteiger partial charge is 0.378 e. The number of nitrogens with one attached hydrogen (secondary N) is 2. The highest BCUT2D eigenvalue weighted by Crippen LogP contribution is 2.14. The zero-order valence-corrected chi connectivity index (χ0v) is 15.1. The fraction of sp³-hybridized carbons (Fsp3) is 0.278. The van der Waals surface area contributed by atoms with Gasteiger partial charge in [0.15, 0.2) is 0 Å². The molecule has 1 aromatic heterocycles. The SMILES string of the molecule is Cc1nn(C)c(C)c1/C=C/C(=O)NNC(=O)c1cccc(N(C)C)c1. The topological polar surface area (TPSA) is 79.3 Å². The van der Waals surface area contributed by atoms with E-state index in [1.165, 1.54) is 6.08 Å². The normalized spacial score (nSPS) is 10.8. The van der Waals surface area contributed by atoms with Crippen LogP contribution in [0.1, 0.15) is 27.3 Å². The molecule has 132 valence electrons. The molecule has 0 saturated heterocycles. The van der Waals surface area contributed by atoms with Crippen molar-refractivity contribution in [1.82, 2.24) is 20.6 Å². The van der Waals surface area contributed by atoms with Gasteiger partial charge < -0.3 is 4.90 Å². The molecule has 2 aromatic rings. The highest BCUT2D eigenvalue weighted by molar-refractivity contribution is 5.98. The van der Waals surface area contributed by atoms with E-state index in [4.69, 9.17) is 0 Å². The van der Waals surface area contributed by atoms with Crippen LogP contribution in [-0.4, -0.2) is 35.7 Å². The van der Waals surface area contributed by atoms with Gasteiger partial charge in [-0.3, -0.25) is 25.1 Å². The molecular formula is C18H23N5O2. The van der Waals surface area contributed by atoms with E-state index in [-0.39, 0.29) is 5.91 Å². The van der Waals surface area contributed by atoms with Crippen LogP contribution < -0.4 is 15.8 Å². The van der Waals surface area contributed by atoms with Crippen molar-refractivity contribution < 1.29 is 9.59 Å². The summed E-state index contributed by atoms with van der Waals surface area (Å²) in [6.07, 6.45) is 3.05. The van der Waals surface area contributed by atoms with Crippen LogP contribution in [0.5, 0.6) is 0 Å². The summed E-state index contributed by atoms with van der Waals surface area (Å²) < 4.78 is 1.76. The zero-order chi connectivity index (χ0) is 18.6. The lowest BCUT2D eigenvalue weighted by Gasteiger charge is -2.13. The lowest BCUT2D eigenvalue weighted by molar-refractivity contribution is -0.117. The van der Waals surface area contributed by atoms with Crippen molar-refractivity contribution in [3.63, 3.8) is 0 Å². The van der Waals surface area contributed by atoms with Gasteiger partial charge in [0, 0.05) is 49.7 Å². The van der Waals surface area contributed by atoms with Gasteiger partial charge in [-0.05, 0) is 38.1 Å². The molecule has 0 bridgehead atoms. The van der Waals surface area contributed by atoms with Gasteiger partial charge in [0.1, 0.15) is 0 Å². The van der Waals surface area contributed by atoms with Crippen molar-refractivity contribution in [3.8, 4) is 0 Å². The van der Waals surface area contributed by atoms with Crippen molar-refractivity contribution >= 4 is 23.6 Å². The number of hydrogen-bond acceptors (Lipinski definition) is 4. The Labute approximate surface area is 147 Å². The minimum Gasteiger partial charge on any atom is -0.378 e. The standard InChI is InChI=1S/C18H23N5O2/c1-12-16(13(2)23(5)21-12)9-10-17(24)19-20-18(25)14-7-6-8-15(11-14)22(3)4/h6-11H,1-5H3,(H,19,24)(H,20,25)/b10-9+. The van der Waals surface area contributed by atoms with Crippen LogP contribution in [0, 0.1) is 13.8 Å². The monoisotopic (exact) mass is 341 g/mol. The minimum atomic E-state index is -0.417. The molecule has 0 saturated carbocycles. The summed E-state index contributed by atoms with van der Waals surface area (Å²) in [5, 5.41) is 4.28. The van der Waals surface area contributed by atoms with E-state index >= 15 is 0 Å². The maximum atomic E-state index is 12.1. The summed E-state index contributed by atoms with van der Waals surface area (Å²) in [6, 6.07) is 7.13. The lowest BCUT2D eigenvalue weighted by atomic mass is 10.2. The number of aryl methyl sites for hydroxylation is 2. The first-order chi connectivity index (χ1) is 11.8. The third-order valence-electron chi connectivity index (χ3n) is 3.89. The first kappa shape index (κ1) is 18.3. The number of carbonyl (C=O) groups excluding carboxylic acids is 2.